The van der Waals surface area contributed by atoms with Gasteiger partial charge in [-0.2, -0.15) is 0 Å². The van der Waals surface area contributed by atoms with Crippen LogP contribution in [0.15, 0.2) is 76.1 Å². The Balaban J connectivity index is 1.45. The molecule has 0 radical (unpaired) electrons. The molecular weight excluding hydrogens is 576 g/mol. The van der Waals surface area contributed by atoms with Gasteiger partial charge in [-0.1, -0.05) is 18.2 Å². The maximum absolute atomic E-state index is 12.9. The smallest absolute Gasteiger partial charge is 0.293 e. The minimum absolute atomic E-state index is 0.00224. The van der Waals surface area contributed by atoms with E-state index >= 15 is 0 Å². The van der Waals surface area contributed by atoms with Crippen molar-refractivity contribution < 1.29 is 28.7 Å². The van der Waals surface area contributed by atoms with Gasteiger partial charge in [0.2, 0.25) is 0 Å². The molecule has 0 unspecified atom stereocenters. The van der Waals surface area contributed by atoms with Gasteiger partial charge in [-0.3, -0.25) is 24.6 Å². The van der Waals surface area contributed by atoms with Gasteiger partial charge in [0.1, 0.15) is 19.0 Å². The van der Waals surface area contributed by atoms with Crippen molar-refractivity contribution in [2.45, 2.75) is 13.5 Å². The number of imide groups is 1. The molecule has 4 rings (SSSR count). The number of halogens is 1. The van der Waals surface area contributed by atoms with Crippen LogP contribution >= 0.6 is 27.7 Å². The summed E-state index contributed by atoms with van der Waals surface area (Å²) in [5.41, 5.74) is 1.40. The number of para-hydroxylation sites is 1. The van der Waals surface area contributed by atoms with E-state index in [1.165, 1.54) is 17.0 Å². The lowest BCUT2D eigenvalue weighted by Crippen LogP contribution is -2.32. The largest absolute Gasteiger partial charge is 0.492 e. The number of ether oxygens (including phenoxy) is 3. The van der Waals surface area contributed by atoms with Crippen LogP contribution in [0.2, 0.25) is 0 Å². The summed E-state index contributed by atoms with van der Waals surface area (Å²) in [5.74, 6) is 1.18. The molecule has 38 heavy (non-hydrogen) atoms. The van der Waals surface area contributed by atoms with Gasteiger partial charge in [-0.25, -0.2) is 0 Å². The fourth-order valence-corrected chi connectivity index (χ4v) is 5.00. The average molecular weight is 599 g/mol. The number of hydrogen-bond acceptors (Lipinski definition) is 8. The number of hydrogen-bond donors (Lipinski definition) is 0. The molecule has 3 aromatic carbocycles. The molecule has 0 bridgehead atoms. The lowest BCUT2D eigenvalue weighted by Gasteiger charge is -2.15. The summed E-state index contributed by atoms with van der Waals surface area (Å²) in [6.45, 7) is 2.71. The van der Waals surface area contributed by atoms with Gasteiger partial charge in [0.05, 0.1) is 27.5 Å². The minimum atomic E-state index is -0.458. The summed E-state index contributed by atoms with van der Waals surface area (Å²) in [6, 6.07) is 18.8. The molecule has 9 nitrogen and oxygen atoms in total. The second-order valence-electron chi connectivity index (χ2n) is 7.97. The van der Waals surface area contributed by atoms with Crippen molar-refractivity contribution in [3.05, 3.63) is 97.3 Å². The van der Waals surface area contributed by atoms with E-state index in [9.17, 15) is 19.7 Å². The number of rotatable bonds is 11. The third-order valence-electron chi connectivity index (χ3n) is 5.36. The van der Waals surface area contributed by atoms with E-state index in [1.807, 2.05) is 25.1 Å². The number of non-ortho nitro benzene ring substituents is 1. The van der Waals surface area contributed by atoms with Crippen LogP contribution < -0.4 is 14.2 Å². The third-order valence-corrected chi connectivity index (χ3v) is 6.86. The molecule has 196 valence electrons. The maximum atomic E-state index is 12.9. The highest BCUT2D eigenvalue weighted by molar-refractivity contribution is 9.10. The zero-order valence-electron chi connectivity index (χ0n) is 20.3. The first kappa shape index (κ1) is 27.2. The van der Waals surface area contributed by atoms with E-state index < -0.39 is 4.92 Å². The van der Waals surface area contributed by atoms with Crippen LogP contribution in [0, 0.1) is 10.1 Å². The van der Waals surface area contributed by atoms with Crippen molar-refractivity contribution in [3.8, 4) is 17.2 Å². The molecule has 1 fully saturated rings. The number of nitro benzene ring substituents is 1. The Labute approximate surface area is 231 Å². The van der Waals surface area contributed by atoms with E-state index in [-0.39, 0.29) is 36.6 Å². The lowest BCUT2D eigenvalue weighted by molar-refractivity contribution is -0.384. The highest BCUT2D eigenvalue weighted by Crippen LogP contribution is 2.39. The highest BCUT2D eigenvalue weighted by atomic mass is 79.9. The van der Waals surface area contributed by atoms with Gasteiger partial charge in [-0.15, -0.1) is 0 Å². The van der Waals surface area contributed by atoms with Crippen molar-refractivity contribution in [1.82, 2.24) is 4.90 Å². The van der Waals surface area contributed by atoms with E-state index in [1.54, 1.807) is 42.5 Å². The van der Waals surface area contributed by atoms with E-state index in [2.05, 4.69) is 15.9 Å². The molecule has 0 aliphatic carbocycles. The zero-order valence-corrected chi connectivity index (χ0v) is 22.7. The lowest BCUT2D eigenvalue weighted by atomic mass is 10.1. The topological polar surface area (TPSA) is 108 Å². The predicted octanol–water partition coefficient (Wildman–Crippen LogP) is 6.45. The Morgan fingerprint density at radius 1 is 1.03 bits per heavy atom. The molecule has 0 N–H and O–H groups in total. The Morgan fingerprint density at radius 2 is 1.76 bits per heavy atom. The number of nitro groups is 1. The molecule has 0 saturated carbocycles. The van der Waals surface area contributed by atoms with Gasteiger partial charge >= 0.3 is 0 Å². The van der Waals surface area contributed by atoms with Gasteiger partial charge in [-0.05, 0) is 88.2 Å². The average Bonchev–Trinajstić information content (AvgIpc) is 3.16. The highest BCUT2D eigenvalue weighted by Gasteiger charge is 2.35. The normalized spacial score (nSPS) is 14.2. The van der Waals surface area contributed by atoms with Gasteiger partial charge in [0, 0.05) is 12.1 Å². The molecule has 1 heterocycles. The molecule has 1 saturated heterocycles. The van der Waals surface area contributed by atoms with Crippen molar-refractivity contribution in [2.24, 2.45) is 0 Å². The number of carbonyl (C=O) groups is 2. The van der Waals surface area contributed by atoms with Crippen molar-refractivity contribution in [3.63, 3.8) is 0 Å². The van der Waals surface area contributed by atoms with E-state index in [4.69, 9.17) is 14.2 Å². The fraction of sp³-hybridized carbons (Fsp3) is 0.185. The molecule has 2 amide bonds. The van der Waals surface area contributed by atoms with E-state index in [0.717, 1.165) is 17.3 Å². The summed E-state index contributed by atoms with van der Waals surface area (Å²) in [6.07, 6.45) is 1.64. The standard InChI is InChI=1S/C27H23BrN2O7S/c1-2-35-23-15-19(14-22(28)25(23)37-17-18-8-10-20(11-9-18)30(33)34)16-24-26(31)29(27(32)38-24)12-13-36-21-6-4-3-5-7-21/h3-11,14-16H,2,12-13,17H2,1H3/b24-16-. The second kappa shape index (κ2) is 12.6. The van der Waals surface area contributed by atoms with E-state index in [0.29, 0.717) is 38.8 Å². The van der Waals surface area contributed by atoms with Gasteiger partial charge in [0.25, 0.3) is 16.8 Å². The van der Waals surface area contributed by atoms with Crippen LogP contribution in [0.1, 0.15) is 18.1 Å². The maximum Gasteiger partial charge on any atom is 0.293 e. The monoisotopic (exact) mass is 598 g/mol. The van der Waals surface area contributed by atoms with Crippen LogP contribution in [0.4, 0.5) is 10.5 Å². The number of thioether (sulfide) groups is 1. The van der Waals surface area contributed by atoms with Gasteiger partial charge in [0.15, 0.2) is 11.5 Å². The Hall–Kier alpha value is -3.83. The third kappa shape index (κ3) is 6.73. The summed E-state index contributed by atoms with van der Waals surface area (Å²) in [5, 5.41) is 10.5. The Morgan fingerprint density at radius 3 is 2.45 bits per heavy atom. The molecule has 11 heteroatoms. The van der Waals surface area contributed by atoms with Crippen molar-refractivity contribution >= 4 is 50.6 Å². The number of nitrogens with zero attached hydrogens (tertiary/aromatic N) is 2. The SMILES string of the molecule is CCOc1cc(/C=C2\SC(=O)N(CCOc3ccccc3)C2=O)cc(Br)c1OCc1ccc([N+](=O)[O-])cc1. The molecule has 3 aromatic rings. The summed E-state index contributed by atoms with van der Waals surface area (Å²) in [4.78, 5) is 37.2. The summed E-state index contributed by atoms with van der Waals surface area (Å²) >= 11 is 4.38. The molecule has 0 atom stereocenters. The Kier molecular flexibility index (Phi) is 9.03. The molecule has 0 aromatic heterocycles. The summed E-state index contributed by atoms with van der Waals surface area (Å²) < 4.78 is 17.9. The predicted molar refractivity (Wildman–Crippen MR) is 147 cm³/mol. The van der Waals surface area contributed by atoms with Crippen LogP contribution in [-0.2, 0) is 11.4 Å². The van der Waals surface area contributed by atoms with Crippen molar-refractivity contribution in [1.29, 1.82) is 0 Å². The first-order valence-electron chi connectivity index (χ1n) is 11.6. The van der Waals surface area contributed by atoms with Crippen LogP contribution in [0.3, 0.4) is 0 Å². The fourth-order valence-electron chi connectivity index (χ4n) is 3.56. The first-order valence-corrected chi connectivity index (χ1v) is 13.2. The minimum Gasteiger partial charge on any atom is -0.492 e. The van der Waals surface area contributed by atoms with Gasteiger partial charge < -0.3 is 14.2 Å². The van der Waals surface area contributed by atoms with Crippen molar-refractivity contribution in [2.75, 3.05) is 19.8 Å². The number of amides is 2. The molecule has 1 aliphatic heterocycles. The second-order valence-corrected chi connectivity index (χ2v) is 9.82. The molecular formula is C27H23BrN2O7S. The van der Waals surface area contributed by atoms with Crippen LogP contribution in [0.5, 0.6) is 17.2 Å². The van der Waals surface area contributed by atoms with Crippen LogP contribution in [0.25, 0.3) is 6.08 Å². The zero-order chi connectivity index (χ0) is 27.1. The molecule has 0 spiro atoms. The first-order chi connectivity index (χ1) is 18.4. The Bertz CT molecular complexity index is 1360. The van der Waals surface area contributed by atoms with Crippen LogP contribution in [-0.4, -0.2) is 40.7 Å². The number of benzene rings is 3. The quantitative estimate of drug-likeness (QED) is 0.141. The molecule has 1 aliphatic rings. The number of carbonyl (C=O) groups excluding carboxylic acids is 2. The summed E-state index contributed by atoms with van der Waals surface area (Å²) in [7, 11) is 0.